The van der Waals surface area contributed by atoms with Gasteiger partial charge in [0.25, 0.3) is 0 Å². The van der Waals surface area contributed by atoms with E-state index in [0.29, 0.717) is 6.54 Å². The van der Waals surface area contributed by atoms with Crippen molar-refractivity contribution in [3.8, 4) is 0 Å². The van der Waals surface area contributed by atoms with Crippen molar-refractivity contribution in [3.05, 3.63) is 35.9 Å². The van der Waals surface area contributed by atoms with E-state index < -0.39 is 5.60 Å². The summed E-state index contributed by atoms with van der Waals surface area (Å²) in [6.45, 7) is 10.5. The van der Waals surface area contributed by atoms with Crippen LogP contribution in [0.15, 0.2) is 30.3 Å². The van der Waals surface area contributed by atoms with Gasteiger partial charge in [0.15, 0.2) is 0 Å². The monoisotopic (exact) mass is 320 g/mol. The quantitative estimate of drug-likeness (QED) is 0.745. The largest absolute Gasteiger partial charge is 0.444 e. The molecular weight excluding hydrogens is 288 g/mol. The molecule has 2 N–H and O–H groups in total. The molecule has 4 heteroatoms. The smallest absolute Gasteiger partial charge is 0.407 e. The number of hydrogen-bond donors (Lipinski definition) is 2. The van der Waals surface area contributed by atoms with E-state index in [4.69, 9.17) is 4.74 Å². The zero-order valence-electron chi connectivity index (χ0n) is 15.2. The number of rotatable bonds is 8. The van der Waals surface area contributed by atoms with Crippen LogP contribution in [0, 0.1) is 0 Å². The summed E-state index contributed by atoms with van der Waals surface area (Å²) in [5, 5.41) is 6.50. The van der Waals surface area contributed by atoms with Crippen LogP contribution < -0.4 is 10.6 Å². The standard InChI is InChI=1S/C19H32N2O2/c1-6-7-13-17(14-20-18(22)23-19(3,4)5)21-15(2)16-11-9-8-10-12-16/h8-12,15,17,21H,6-7,13-14H2,1-5H3,(H,20,22). The summed E-state index contributed by atoms with van der Waals surface area (Å²) in [6, 6.07) is 10.8. The molecule has 0 fully saturated rings. The van der Waals surface area contributed by atoms with Crippen LogP contribution in [0.25, 0.3) is 0 Å². The predicted molar refractivity (Wildman–Crippen MR) is 95.5 cm³/mol. The van der Waals surface area contributed by atoms with E-state index in [9.17, 15) is 4.79 Å². The van der Waals surface area contributed by atoms with Crippen molar-refractivity contribution in [2.45, 2.75) is 71.6 Å². The summed E-state index contributed by atoms with van der Waals surface area (Å²) in [5.41, 5.74) is 0.791. The average molecular weight is 320 g/mol. The van der Waals surface area contributed by atoms with Gasteiger partial charge in [0.2, 0.25) is 0 Å². The Morgan fingerprint density at radius 3 is 2.43 bits per heavy atom. The predicted octanol–water partition coefficient (Wildman–Crippen LogP) is 4.42. The van der Waals surface area contributed by atoms with E-state index in [1.807, 2.05) is 39.0 Å². The Morgan fingerprint density at radius 2 is 1.87 bits per heavy atom. The van der Waals surface area contributed by atoms with Crippen molar-refractivity contribution in [2.75, 3.05) is 6.54 Å². The molecule has 4 nitrogen and oxygen atoms in total. The highest BCUT2D eigenvalue weighted by atomic mass is 16.6. The third-order valence-corrected chi connectivity index (χ3v) is 3.58. The topological polar surface area (TPSA) is 50.4 Å². The van der Waals surface area contributed by atoms with E-state index >= 15 is 0 Å². The fourth-order valence-electron chi connectivity index (χ4n) is 2.41. The number of nitrogens with one attached hydrogen (secondary N) is 2. The summed E-state index contributed by atoms with van der Waals surface area (Å²) in [5.74, 6) is 0. The van der Waals surface area contributed by atoms with Gasteiger partial charge in [-0.3, -0.25) is 0 Å². The van der Waals surface area contributed by atoms with E-state index in [1.165, 1.54) is 5.56 Å². The van der Waals surface area contributed by atoms with Crippen LogP contribution in [0.5, 0.6) is 0 Å². The average Bonchev–Trinajstić information content (AvgIpc) is 2.49. The highest BCUT2D eigenvalue weighted by molar-refractivity contribution is 5.67. The Morgan fingerprint density at radius 1 is 1.22 bits per heavy atom. The number of carbonyl (C=O) groups is 1. The zero-order chi connectivity index (χ0) is 17.3. The maximum atomic E-state index is 11.8. The molecule has 1 aromatic carbocycles. The fraction of sp³-hybridized carbons (Fsp3) is 0.632. The minimum absolute atomic E-state index is 0.234. The highest BCUT2D eigenvalue weighted by Gasteiger charge is 2.18. The zero-order valence-corrected chi connectivity index (χ0v) is 15.2. The van der Waals surface area contributed by atoms with Gasteiger partial charge in [0, 0.05) is 18.6 Å². The Balaban J connectivity index is 2.53. The Labute approximate surface area is 141 Å². The molecule has 1 aromatic rings. The summed E-state index contributed by atoms with van der Waals surface area (Å²) >= 11 is 0. The van der Waals surface area contributed by atoms with E-state index in [1.54, 1.807) is 0 Å². The minimum atomic E-state index is -0.465. The molecule has 0 aromatic heterocycles. The molecule has 0 saturated heterocycles. The van der Waals surface area contributed by atoms with Crippen molar-refractivity contribution in [1.29, 1.82) is 0 Å². The second-order valence-corrected chi connectivity index (χ2v) is 7.02. The number of alkyl carbamates (subject to hydrolysis) is 1. The van der Waals surface area contributed by atoms with Gasteiger partial charge in [0.1, 0.15) is 5.60 Å². The van der Waals surface area contributed by atoms with Gasteiger partial charge in [-0.1, -0.05) is 50.1 Å². The van der Waals surface area contributed by atoms with Gasteiger partial charge in [0.05, 0.1) is 0 Å². The third kappa shape index (κ3) is 8.60. The van der Waals surface area contributed by atoms with Crippen LogP contribution in [0.3, 0.4) is 0 Å². The Kier molecular flexibility index (Phi) is 8.10. The van der Waals surface area contributed by atoms with Crippen LogP contribution in [0.1, 0.15) is 65.5 Å². The first-order valence-corrected chi connectivity index (χ1v) is 8.59. The molecule has 23 heavy (non-hydrogen) atoms. The van der Waals surface area contributed by atoms with Crippen LogP contribution in [0.2, 0.25) is 0 Å². The summed E-state index contributed by atoms with van der Waals surface area (Å²) in [4.78, 5) is 11.8. The van der Waals surface area contributed by atoms with Gasteiger partial charge >= 0.3 is 6.09 Å². The van der Waals surface area contributed by atoms with E-state index in [2.05, 4.69) is 36.6 Å². The van der Waals surface area contributed by atoms with Crippen molar-refractivity contribution in [2.24, 2.45) is 0 Å². The number of hydrogen-bond acceptors (Lipinski definition) is 3. The lowest BCUT2D eigenvalue weighted by Gasteiger charge is -2.25. The number of carbonyl (C=O) groups excluding carboxylic acids is 1. The first kappa shape index (κ1) is 19.5. The molecule has 1 rings (SSSR count). The van der Waals surface area contributed by atoms with Crippen LogP contribution >= 0.6 is 0 Å². The normalized spacial score (nSPS) is 14.1. The number of benzene rings is 1. The Hall–Kier alpha value is -1.55. The van der Waals surface area contributed by atoms with Gasteiger partial charge < -0.3 is 15.4 Å². The number of ether oxygens (including phenoxy) is 1. The lowest BCUT2D eigenvalue weighted by atomic mass is 10.0. The first-order valence-electron chi connectivity index (χ1n) is 8.59. The van der Waals surface area contributed by atoms with Crippen molar-refractivity contribution >= 4 is 6.09 Å². The molecule has 2 unspecified atom stereocenters. The molecule has 1 amide bonds. The molecule has 0 heterocycles. The van der Waals surface area contributed by atoms with Crippen molar-refractivity contribution in [1.82, 2.24) is 10.6 Å². The molecule has 0 spiro atoms. The van der Waals surface area contributed by atoms with Crippen LogP contribution in [-0.2, 0) is 4.74 Å². The second kappa shape index (κ2) is 9.56. The molecule has 0 radical (unpaired) electrons. The minimum Gasteiger partial charge on any atom is -0.444 e. The first-order chi connectivity index (χ1) is 10.8. The van der Waals surface area contributed by atoms with Gasteiger partial charge in [-0.25, -0.2) is 4.79 Å². The van der Waals surface area contributed by atoms with Gasteiger partial charge in [-0.2, -0.15) is 0 Å². The molecule has 0 aliphatic heterocycles. The lowest BCUT2D eigenvalue weighted by Crippen LogP contribution is -2.43. The van der Waals surface area contributed by atoms with Crippen LogP contribution in [-0.4, -0.2) is 24.3 Å². The molecule has 0 saturated carbocycles. The summed E-state index contributed by atoms with van der Waals surface area (Å²) in [6.07, 6.45) is 2.95. The SMILES string of the molecule is CCCCC(CNC(=O)OC(C)(C)C)NC(C)c1ccccc1. The highest BCUT2D eigenvalue weighted by Crippen LogP contribution is 2.14. The summed E-state index contributed by atoms with van der Waals surface area (Å²) < 4.78 is 5.30. The molecule has 0 bridgehead atoms. The maximum absolute atomic E-state index is 11.8. The van der Waals surface area contributed by atoms with Crippen LogP contribution in [0.4, 0.5) is 4.79 Å². The van der Waals surface area contributed by atoms with E-state index in [0.717, 1.165) is 19.3 Å². The Bertz CT molecular complexity index is 454. The second-order valence-electron chi connectivity index (χ2n) is 7.02. The molecular formula is C19H32N2O2. The molecule has 0 aliphatic rings. The van der Waals surface area contributed by atoms with Crippen molar-refractivity contribution in [3.63, 3.8) is 0 Å². The molecule has 2 atom stereocenters. The van der Waals surface area contributed by atoms with Gasteiger partial charge in [-0.05, 0) is 39.7 Å². The number of amides is 1. The third-order valence-electron chi connectivity index (χ3n) is 3.58. The maximum Gasteiger partial charge on any atom is 0.407 e. The molecule has 0 aliphatic carbocycles. The number of unbranched alkanes of at least 4 members (excludes halogenated alkanes) is 1. The van der Waals surface area contributed by atoms with Gasteiger partial charge in [-0.15, -0.1) is 0 Å². The van der Waals surface area contributed by atoms with E-state index in [-0.39, 0.29) is 18.2 Å². The van der Waals surface area contributed by atoms with Crippen molar-refractivity contribution < 1.29 is 9.53 Å². The fourth-order valence-corrected chi connectivity index (χ4v) is 2.41. The summed E-state index contributed by atoms with van der Waals surface area (Å²) in [7, 11) is 0. The molecule has 130 valence electrons. The lowest BCUT2D eigenvalue weighted by molar-refractivity contribution is 0.0521.